The van der Waals surface area contributed by atoms with E-state index < -0.39 is 0 Å². The molecule has 27 heavy (non-hydrogen) atoms. The van der Waals surface area contributed by atoms with Gasteiger partial charge in [-0.2, -0.15) is 0 Å². The number of halogens is 1. The van der Waals surface area contributed by atoms with Gasteiger partial charge in [-0.15, -0.1) is 10.2 Å². The summed E-state index contributed by atoms with van der Waals surface area (Å²) in [5.74, 6) is -0.0723. The Balaban J connectivity index is 1.45. The van der Waals surface area contributed by atoms with Gasteiger partial charge in [0.25, 0.3) is 0 Å². The standard InChI is InChI=1S/C18H15BrN4O2S2/c19-13-6-8-14(9-7-13)20-16(25)11-26-18-23-22-17(27-18)21-15(24)10-12-4-2-1-3-5-12/h1-9H,10-11H2,(H,20,25)(H,21,22,24). The number of carbonyl (C=O) groups excluding carboxylic acids is 2. The third-order valence-electron chi connectivity index (χ3n) is 3.32. The van der Waals surface area contributed by atoms with Crippen molar-refractivity contribution in [2.45, 2.75) is 10.8 Å². The molecule has 3 aromatic rings. The maximum Gasteiger partial charge on any atom is 0.234 e. The van der Waals surface area contributed by atoms with E-state index in [1.807, 2.05) is 54.6 Å². The van der Waals surface area contributed by atoms with Crippen LogP contribution < -0.4 is 10.6 Å². The average molecular weight is 463 g/mol. The molecule has 0 bridgehead atoms. The Morgan fingerprint density at radius 1 is 0.963 bits per heavy atom. The summed E-state index contributed by atoms with van der Waals surface area (Å²) in [6, 6.07) is 16.8. The summed E-state index contributed by atoms with van der Waals surface area (Å²) >= 11 is 5.87. The molecule has 0 aliphatic rings. The smallest absolute Gasteiger partial charge is 0.234 e. The highest BCUT2D eigenvalue weighted by Gasteiger charge is 2.11. The molecule has 6 nitrogen and oxygen atoms in total. The molecule has 0 saturated carbocycles. The number of amides is 2. The highest BCUT2D eigenvalue weighted by molar-refractivity contribution is 9.10. The Bertz CT molecular complexity index is 917. The molecule has 138 valence electrons. The lowest BCUT2D eigenvalue weighted by Crippen LogP contribution is -2.14. The van der Waals surface area contributed by atoms with Crippen LogP contribution in [0.1, 0.15) is 5.56 Å². The van der Waals surface area contributed by atoms with Gasteiger partial charge in [0.2, 0.25) is 16.9 Å². The Kier molecular flexibility index (Phi) is 6.97. The number of aromatic nitrogens is 2. The van der Waals surface area contributed by atoms with Crippen LogP contribution in [0.5, 0.6) is 0 Å². The minimum Gasteiger partial charge on any atom is -0.325 e. The van der Waals surface area contributed by atoms with E-state index in [4.69, 9.17) is 0 Å². The second kappa shape index (κ2) is 9.63. The van der Waals surface area contributed by atoms with Gasteiger partial charge in [0, 0.05) is 10.2 Å². The molecule has 0 radical (unpaired) electrons. The maximum absolute atomic E-state index is 12.0. The lowest BCUT2D eigenvalue weighted by atomic mass is 10.1. The normalized spacial score (nSPS) is 10.4. The largest absolute Gasteiger partial charge is 0.325 e. The number of nitrogens with one attached hydrogen (secondary N) is 2. The Morgan fingerprint density at radius 2 is 1.70 bits per heavy atom. The minimum atomic E-state index is -0.151. The van der Waals surface area contributed by atoms with Gasteiger partial charge in [0.05, 0.1) is 12.2 Å². The van der Waals surface area contributed by atoms with Crippen molar-refractivity contribution in [3.8, 4) is 0 Å². The van der Waals surface area contributed by atoms with Gasteiger partial charge in [-0.1, -0.05) is 69.4 Å². The zero-order valence-electron chi connectivity index (χ0n) is 14.0. The van der Waals surface area contributed by atoms with Crippen LogP contribution in [-0.2, 0) is 16.0 Å². The molecule has 2 N–H and O–H groups in total. The molecule has 1 aromatic heterocycles. The molecular weight excluding hydrogens is 448 g/mol. The first-order valence-corrected chi connectivity index (χ1v) is 10.5. The predicted octanol–water partition coefficient (Wildman–Crippen LogP) is 4.21. The third-order valence-corrected chi connectivity index (χ3v) is 5.82. The van der Waals surface area contributed by atoms with Crippen LogP contribution in [0, 0.1) is 0 Å². The summed E-state index contributed by atoms with van der Waals surface area (Å²) < 4.78 is 1.57. The Hall–Kier alpha value is -2.23. The van der Waals surface area contributed by atoms with Crippen LogP contribution in [0.2, 0.25) is 0 Å². The van der Waals surface area contributed by atoms with E-state index in [2.05, 4.69) is 36.8 Å². The van der Waals surface area contributed by atoms with Gasteiger partial charge in [0.1, 0.15) is 0 Å². The summed E-state index contributed by atoms with van der Waals surface area (Å²) in [7, 11) is 0. The summed E-state index contributed by atoms with van der Waals surface area (Å²) in [4.78, 5) is 24.0. The number of rotatable bonds is 7. The molecular formula is C18H15BrN4O2S2. The van der Waals surface area contributed by atoms with Crippen LogP contribution in [0.3, 0.4) is 0 Å². The SMILES string of the molecule is O=C(CSc1nnc(NC(=O)Cc2ccccc2)s1)Nc1ccc(Br)cc1. The lowest BCUT2D eigenvalue weighted by Gasteiger charge is -2.03. The van der Waals surface area contributed by atoms with Gasteiger partial charge < -0.3 is 10.6 Å². The fourth-order valence-corrected chi connectivity index (χ4v) is 3.95. The number of nitrogens with zero attached hydrogens (tertiary/aromatic N) is 2. The van der Waals surface area contributed by atoms with Crippen LogP contribution in [0.15, 0.2) is 63.4 Å². The van der Waals surface area contributed by atoms with Crippen LogP contribution >= 0.6 is 39.0 Å². The first-order chi connectivity index (χ1) is 13.1. The van der Waals surface area contributed by atoms with Crippen molar-refractivity contribution >= 4 is 61.7 Å². The highest BCUT2D eigenvalue weighted by atomic mass is 79.9. The first-order valence-electron chi connectivity index (χ1n) is 7.94. The third kappa shape index (κ3) is 6.46. The highest BCUT2D eigenvalue weighted by Crippen LogP contribution is 2.25. The maximum atomic E-state index is 12.0. The summed E-state index contributed by atoms with van der Waals surface area (Å²) in [5, 5.41) is 13.9. The van der Waals surface area contributed by atoms with Gasteiger partial charge in [-0.05, 0) is 29.8 Å². The van der Waals surface area contributed by atoms with Crippen LogP contribution in [-0.4, -0.2) is 27.8 Å². The minimum absolute atomic E-state index is 0.132. The van der Waals surface area contributed by atoms with E-state index in [9.17, 15) is 9.59 Å². The van der Waals surface area contributed by atoms with Crippen molar-refractivity contribution in [2.24, 2.45) is 0 Å². The predicted molar refractivity (Wildman–Crippen MR) is 112 cm³/mol. The molecule has 0 saturated heterocycles. The number of hydrogen-bond donors (Lipinski definition) is 2. The quantitative estimate of drug-likeness (QED) is 0.405. The second-order valence-electron chi connectivity index (χ2n) is 5.43. The molecule has 0 atom stereocenters. The van der Waals surface area contributed by atoms with Crippen molar-refractivity contribution in [1.82, 2.24) is 10.2 Å². The van der Waals surface area contributed by atoms with Crippen molar-refractivity contribution in [3.05, 3.63) is 64.6 Å². The van der Waals surface area contributed by atoms with Gasteiger partial charge in [-0.3, -0.25) is 9.59 Å². The van der Waals surface area contributed by atoms with Gasteiger partial charge >= 0.3 is 0 Å². The van der Waals surface area contributed by atoms with E-state index in [0.717, 1.165) is 15.7 Å². The average Bonchev–Trinajstić information content (AvgIpc) is 3.10. The number of anilines is 2. The summed E-state index contributed by atoms with van der Waals surface area (Å²) in [6.45, 7) is 0. The topological polar surface area (TPSA) is 84.0 Å². The van der Waals surface area contributed by atoms with Crippen molar-refractivity contribution in [2.75, 3.05) is 16.4 Å². The van der Waals surface area contributed by atoms with Crippen molar-refractivity contribution < 1.29 is 9.59 Å². The number of thioether (sulfide) groups is 1. The zero-order chi connectivity index (χ0) is 19.1. The first kappa shape index (κ1) is 19.5. The van der Waals surface area contributed by atoms with E-state index in [0.29, 0.717) is 9.47 Å². The van der Waals surface area contributed by atoms with E-state index in [1.165, 1.54) is 23.1 Å². The molecule has 0 aliphatic carbocycles. The van der Waals surface area contributed by atoms with Gasteiger partial charge in [0.15, 0.2) is 4.34 Å². The molecule has 9 heteroatoms. The van der Waals surface area contributed by atoms with E-state index >= 15 is 0 Å². The van der Waals surface area contributed by atoms with Crippen LogP contribution in [0.4, 0.5) is 10.8 Å². The monoisotopic (exact) mass is 462 g/mol. The number of benzene rings is 2. The molecule has 0 fully saturated rings. The van der Waals surface area contributed by atoms with Gasteiger partial charge in [-0.25, -0.2) is 0 Å². The fourth-order valence-electron chi connectivity index (χ4n) is 2.12. The lowest BCUT2D eigenvalue weighted by molar-refractivity contribution is -0.115. The van der Waals surface area contributed by atoms with Crippen molar-refractivity contribution in [1.29, 1.82) is 0 Å². The van der Waals surface area contributed by atoms with Crippen molar-refractivity contribution in [3.63, 3.8) is 0 Å². The number of carbonyl (C=O) groups is 2. The second-order valence-corrected chi connectivity index (χ2v) is 8.54. The summed E-state index contributed by atoms with van der Waals surface area (Å²) in [5.41, 5.74) is 1.66. The Labute approximate surface area is 172 Å². The Morgan fingerprint density at radius 3 is 2.44 bits per heavy atom. The van der Waals surface area contributed by atoms with Crippen LogP contribution in [0.25, 0.3) is 0 Å². The molecule has 2 aromatic carbocycles. The molecule has 2 amide bonds. The number of hydrogen-bond acceptors (Lipinski definition) is 6. The van der Waals surface area contributed by atoms with E-state index in [1.54, 1.807) is 0 Å². The van der Waals surface area contributed by atoms with E-state index in [-0.39, 0.29) is 24.0 Å². The molecule has 1 heterocycles. The molecule has 3 rings (SSSR count). The molecule has 0 aliphatic heterocycles. The summed E-state index contributed by atoms with van der Waals surface area (Å²) in [6.07, 6.45) is 0.276. The zero-order valence-corrected chi connectivity index (χ0v) is 17.2. The molecule has 0 spiro atoms. The molecule has 0 unspecified atom stereocenters. The fraction of sp³-hybridized carbons (Fsp3) is 0.111.